The first-order valence-corrected chi connectivity index (χ1v) is 5.15. The molecule has 0 amide bonds. The van der Waals surface area contributed by atoms with E-state index in [0.29, 0.717) is 5.75 Å². The number of thiophene rings is 1. The number of carboxylic acids is 1. The Bertz CT molecular complexity index is 347. The van der Waals surface area contributed by atoms with Crippen molar-refractivity contribution in [1.29, 1.82) is 0 Å². The highest BCUT2D eigenvalue weighted by molar-refractivity contribution is 7.12. The van der Waals surface area contributed by atoms with Crippen LogP contribution >= 0.6 is 11.3 Å². The van der Waals surface area contributed by atoms with Crippen molar-refractivity contribution in [3.8, 4) is 5.75 Å². The van der Waals surface area contributed by atoms with Gasteiger partial charge >= 0.3 is 5.97 Å². The molecule has 1 rings (SSSR count). The zero-order valence-corrected chi connectivity index (χ0v) is 9.57. The highest BCUT2D eigenvalue weighted by atomic mass is 32.1. The van der Waals surface area contributed by atoms with Crippen molar-refractivity contribution in [3.63, 3.8) is 0 Å². The standard InChI is InChI=1S/C10H14O3S/c1-10(2,3)6-5-14-8(9(11)12)7(6)13-4/h5H,1-4H3,(H,11,12). The quantitative estimate of drug-likeness (QED) is 0.823. The van der Waals surface area contributed by atoms with Gasteiger partial charge in [0, 0.05) is 5.56 Å². The summed E-state index contributed by atoms with van der Waals surface area (Å²) in [6, 6.07) is 0. The van der Waals surface area contributed by atoms with Crippen LogP contribution in [0.3, 0.4) is 0 Å². The van der Waals surface area contributed by atoms with Crippen LogP contribution in [0, 0.1) is 0 Å². The number of ether oxygens (including phenoxy) is 1. The smallest absolute Gasteiger partial charge is 0.349 e. The minimum atomic E-state index is -0.928. The van der Waals surface area contributed by atoms with Gasteiger partial charge in [0.1, 0.15) is 5.75 Å². The zero-order valence-electron chi connectivity index (χ0n) is 8.75. The SMILES string of the molecule is COc1c(C(C)(C)C)csc1C(=O)O. The summed E-state index contributed by atoms with van der Waals surface area (Å²) in [5, 5.41) is 10.8. The van der Waals surface area contributed by atoms with Gasteiger partial charge in [0.25, 0.3) is 0 Å². The molecule has 0 saturated carbocycles. The van der Waals surface area contributed by atoms with Gasteiger partial charge in [-0.25, -0.2) is 4.79 Å². The molecule has 0 unspecified atom stereocenters. The molecule has 0 fully saturated rings. The van der Waals surface area contributed by atoms with Crippen molar-refractivity contribution >= 4 is 17.3 Å². The van der Waals surface area contributed by atoms with Crippen molar-refractivity contribution in [2.24, 2.45) is 0 Å². The van der Waals surface area contributed by atoms with Crippen LogP contribution in [-0.2, 0) is 5.41 Å². The number of methoxy groups -OCH3 is 1. The van der Waals surface area contributed by atoms with Crippen molar-refractivity contribution in [2.75, 3.05) is 7.11 Å². The van der Waals surface area contributed by atoms with Crippen LogP contribution in [0.2, 0.25) is 0 Å². The van der Waals surface area contributed by atoms with Crippen LogP contribution in [0.5, 0.6) is 5.75 Å². The average molecular weight is 214 g/mol. The number of hydrogen-bond donors (Lipinski definition) is 1. The first-order valence-electron chi connectivity index (χ1n) is 4.27. The largest absolute Gasteiger partial charge is 0.495 e. The Kier molecular flexibility index (Phi) is 2.85. The molecule has 0 spiro atoms. The molecular formula is C10H14O3S. The molecule has 0 aliphatic carbocycles. The topological polar surface area (TPSA) is 46.5 Å². The van der Waals surface area contributed by atoms with E-state index in [1.54, 1.807) is 0 Å². The van der Waals surface area contributed by atoms with Gasteiger partial charge in [0.05, 0.1) is 7.11 Å². The van der Waals surface area contributed by atoms with Crippen LogP contribution in [0.1, 0.15) is 36.0 Å². The number of aromatic carboxylic acids is 1. The van der Waals surface area contributed by atoms with Gasteiger partial charge in [-0.15, -0.1) is 11.3 Å². The Morgan fingerprint density at radius 3 is 2.43 bits per heavy atom. The van der Waals surface area contributed by atoms with E-state index in [-0.39, 0.29) is 10.3 Å². The molecule has 78 valence electrons. The molecule has 0 aromatic carbocycles. The summed E-state index contributed by atoms with van der Waals surface area (Å²) >= 11 is 1.21. The number of hydrogen-bond acceptors (Lipinski definition) is 3. The van der Waals surface area contributed by atoms with Crippen LogP contribution < -0.4 is 4.74 Å². The third kappa shape index (κ3) is 1.90. The van der Waals surface area contributed by atoms with Crippen LogP contribution in [-0.4, -0.2) is 18.2 Å². The second-order valence-corrected chi connectivity index (χ2v) is 4.95. The molecular weight excluding hydrogens is 200 g/mol. The lowest BCUT2D eigenvalue weighted by molar-refractivity contribution is 0.0699. The first-order chi connectivity index (χ1) is 6.38. The molecule has 0 aliphatic heterocycles. The van der Waals surface area contributed by atoms with E-state index in [4.69, 9.17) is 9.84 Å². The predicted octanol–water partition coefficient (Wildman–Crippen LogP) is 2.75. The summed E-state index contributed by atoms with van der Waals surface area (Å²) in [5.41, 5.74) is 0.859. The lowest BCUT2D eigenvalue weighted by Gasteiger charge is -2.18. The Hall–Kier alpha value is -1.03. The van der Waals surface area contributed by atoms with Gasteiger partial charge < -0.3 is 9.84 Å². The highest BCUT2D eigenvalue weighted by Crippen LogP contribution is 2.38. The highest BCUT2D eigenvalue weighted by Gasteiger charge is 2.25. The molecule has 1 heterocycles. The minimum absolute atomic E-state index is 0.0878. The summed E-state index contributed by atoms with van der Waals surface area (Å²) in [4.78, 5) is 11.1. The fourth-order valence-electron chi connectivity index (χ4n) is 1.21. The molecule has 1 aromatic heterocycles. The maximum Gasteiger partial charge on any atom is 0.349 e. The van der Waals surface area contributed by atoms with E-state index < -0.39 is 5.97 Å². The Labute approximate surface area is 87.3 Å². The maximum absolute atomic E-state index is 10.9. The molecule has 4 heteroatoms. The van der Waals surface area contributed by atoms with E-state index >= 15 is 0 Å². The second kappa shape index (κ2) is 3.61. The van der Waals surface area contributed by atoms with E-state index in [1.807, 2.05) is 26.2 Å². The molecule has 0 bridgehead atoms. The molecule has 14 heavy (non-hydrogen) atoms. The summed E-state index contributed by atoms with van der Waals surface area (Å²) in [7, 11) is 1.50. The minimum Gasteiger partial charge on any atom is -0.495 e. The lowest BCUT2D eigenvalue weighted by atomic mass is 9.88. The van der Waals surface area contributed by atoms with Gasteiger partial charge in [-0.05, 0) is 10.8 Å². The maximum atomic E-state index is 10.9. The third-order valence-electron chi connectivity index (χ3n) is 1.95. The Morgan fingerprint density at radius 2 is 2.07 bits per heavy atom. The van der Waals surface area contributed by atoms with Gasteiger partial charge in [0.2, 0.25) is 0 Å². The fourth-order valence-corrected chi connectivity index (χ4v) is 2.31. The summed E-state index contributed by atoms with van der Waals surface area (Å²) in [6.07, 6.45) is 0. The fraction of sp³-hybridized carbons (Fsp3) is 0.500. The lowest BCUT2D eigenvalue weighted by Crippen LogP contribution is -2.11. The molecule has 1 N–H and O–H groups in total. The summed E-state index contributed by atoms with van der Waals surface area (Å²) < 4.78 is 5.13. The third-order valence-corrected chi connectivity index (χ3v) is 2.90. The first kappa shape index (κ1) is 11.0. The molecule has 0 aliphatic rings. The van der Waals surface area contributed by atoms with Gasteiger partial charge in [-0.1, -0.05) is 20.8 Å². The van der Waals surface area contributed by atoms with E-state index in [1.165, 1.54) is 18.4 Å². The van der Waals surface area contributed by atoms with Gasteiger partial charge in [-0.3, -0.25) is 0 Å². The number of carbonyl (C=O) groups is 1. The summed E-state index contributed by atoms with van der Waals surface area (Å²) in [5.74, 6) is -0.433. The van der Waals surface area contributed by atoms with Gasteiger partial charge in [0.15, 0.2) is 4.88 Å². The average Bonchev–Trinajstić information content (AvgIpc) is 2.45. The molecule has 0 saturated heterocycles. The number of carboxylic acid groups (broad SMARTS) is 1. The van der Waals surface area contributed by atoms with Crippen LogP contribution in [0.4, 0.5) is 0 Å². The van der Waals surface area contributed by atoms with E-state index in [9.17, 15) is 4.79 Å². The summed E-state index contributed by atoms with van der Waals surface area (Å²) in [6.45, 7) is 6.09. The molecule has 3 nitrogen and oxygen atoms in total. The normalized spacial score (nSPS) is 11.4. The molecule has 1 aromatic rings. The van der Waals surface area contributed by atoms with Crippen LogP contribution in [0.15, 0.2) is 5.38 Å². The molecule has 0 atom stereocenters. The Balaban J connectivity index is 3.28. The van der Waals surface area contributed by atoms with Crippen molar-refractivity contribution in [1.82, 2.24) is 0 Å². The van der Waals surface area contributed by atoms with Crippen molar-refractivity contribution < 1.29 is 14.6 Å². The van der Waals surface area contributed by atoms with E-state index in [0.717, 1.165) is 5.56 Å². The van der Waals surface area contributed by atoms with Crippen LogP contribution in [0.25, 0.3) is 0 Å². The monoisotopic (exact) mass is 214 g/mol. The van der Waals surface area contributed by atoms with E-state index in [2.05, 4.69) is 0 Å². The Morgan fingerprint density at radius 1 is 1.50 bits per heavy atom. The second-order valence-electron chi connectivity index (χ2n) is 4.07. The number of rotatable bonds is 2. The van der Waals surface area contributed by atoms with Crippen molar-refractivity contribution in [2.45, 2.75) is 26.2 Å². The van der Waals surface area contributed by atoms with Crippen molar-refractivity contribution in [3.05, 3.63) is 15.8 Å². The zero-order chi connectivity index (χ0) is 10.9. The predicted molar refractivity (Wildman–Crippen MR) is 56.5 cm³/mol. The molecule has 0 radical (unpaired) electrons. The van der Waals surface area contributed by atoms with Gasteiger partial charge in [-0.2, -0.15) is 0 Å².